The fourth-order valence-electron chi connectivity index (χ4n) is 1.32. The molecule has 0 atom stereocenters. The molecule has 2 aromatic heterocycles. The number of rotatable bonds is 1. The standard InChI is InChI=1S/C10H9N3S2/c1-5-9(12)8(3-11)15-10(5)7-4-14-6(2)13-7/h4H,12H2,1-2H3. The maximum Gasteiger partial charge on any atom is 0.128 e. The number of hydrogen-bond donors (Lipinski definition) is 1. The van der Waals surface area contributed by atoms with Crippen LogP contribution in [0.4, 0.5) is 5.69 Å². The van der Waals surface area contributed by atoms with E-state index in [2.05, 4.69) is 11.1 Å². The summed E-state index contributed by atoms with van der Waals surface area (Å²) in [5, 5.41) is 11.9. The third-order valence-corrected chi connectivity index (χ3v) is 4.15. The monoisotopic (exact) mass is 235 g/mol. The van der Waals surface area contributed by atoms with E-state index in [0.717, 1.165) is 21.1 Å². The third kappa shape index (κ3) is 1.62. The van der Waals surface area contributed by atoms with Gasteiger partial charge in [0.25, 0.3) is 0 Å². The summed E-state index contributed by atoms with van der Waals surface area (Å²) in [6, 6.07) is 2.10. The fraction of sp³-hybridized carbons (Fsp3) is 0.200. The second-order valence-electron chi connectivity index (χ2n) is 3.16. The summed E-state index contributed by atoms with van der Waals surface area (Å²) < 4.78 is 0. The van der Waals surface area contributed by atoms with Crippen LogP contribution in [-0.2, 0) is 0 Å². The number of nitrogens with two attached hydrogens (primary N) is 1. The van der Waals surface area contributed by atoms with Crippen molar-refractivity contribution in [2.45, 2.75) is 13.8 Å². The van der Waals surface area contributed by atoms with Gasteiger partial charge in [0.05, 0.1) is 21.3 Å². The maximum absolute atomic E-state index is 8.87. The zero-order chi connectivity index (χ0) is 11.0. The molecule has 5 heteroatoms. The van der Waals surface area contributed by atoms with Crippen LogP contribution in [0.5, 0.6) is 0 Å². The van der Waals surface area contributed by atoms with Crippen LogP contribution in [0.2, 0.25) is 0 Å². The SMILES string of the molecule is Cc1nc(-c2sc(C#N)c(N)c2C)cs1. The average Bonchev–Trinajstić information content (AvgIpc) is 2.74. The van der Waals surface area contributed by atoms with Crippen LogP contribution in [0.25, 0.3) is 10.6 Å². The number of nitriles is 1. The molecule has 0 amide bonds. The molecule has 2 rings (SSSR count). The number of thiazole rings is 1. The number of anilines is 1. The number of aryl methyl sites for hydroxylation is 1. The maximum atomic E-state index is 8.87. The average molecular weight is 235 g/mol. The highest BCUT2D eigenvalue weighted by molar-refractivity contribution is 7.17. The van der Waals surface area contributed by atoms with Gasteiger partial charge in [-0.05, 0) is 19.4 Å². The molecule has 0 aliphatic carbocycles. The fourth-order valence-corrected chi connectivity index (χ4v) is 2.98. The summed E-state index contributed by atoms with van der Waals surface area (Å²) in [6.07, 6.45) is 0. The number of thiophene rings is 1. The first kappa shape index (κ1) is 10.1. The van der Waals surface area contributed by atoms with Crippen LogP contribution >= 0.6 is 22.7 Å². The smallest absolute Gasteiger partial charge is 0.128 e. The molecule has 2 N–H and O–H groups in total. The van der Waals surface area contributed by atoms with E-state index < -0.39 is 0 Å². The van der Waals surface area contributed by atoms with Crippen LogP contribution in [0.1, 0.15) is 15.4 Å². The summed E-state index contributed by atoms with van der Waals surface area (Å²) in [5.41, 5.74) is 8.29. The Labute approximate surface area is 95.8 Å². The Morgan fingerprint density at radius 2 is 2.20 bits per heavy atom. The predicted octanol–water partition coefficient (Wildman–Crippen LogP) is 2.94. The Kier molecular flexibility index (Phi) is 2.47. The summed E-state index contributed by atoms with van der Waals surface area (Å²) in [5.74, 6) is 0. The predicted molar refractivity (Wildman–Crippen MR) is 64.0 cm³/mol. The number of nitrogen functional groups attached to an aromatic ring is 1. The van der Waals surface area contributed by atoms with Crippen molar-refractivity contribution in [3.05, 3.63) is 20.8 Å². The van der Waals surface area contributed by atoms with E-state index in [4.69, 9.17) is 11.0 Å². The molecule has 0 aromatic carbocycles. The lowest BCUT2D eigenvalue weighted by Crippen LogP contribution is -1.87. The summed E-state index contributed by atoms with van der Waals surface area (Å²) in [6.45, 7) is 3.89. The minimum atomic E-state index is 0.577. The van der Waals surface area contributed by atoms with Crippen LogP contribution in [0, 0.1) is 25.2 Å². The third-order valence-electron chi connectivity index (χ3n) is 2.15. The van der Waals surface area contributed by atoms with Crippen molar-refractivity contribution in [2.75, 3.05) is 5.73 Å². The lowest BCUT2D eigenvalue weighted by Gasteiger charge is -1.93. The first-order valence-corrected chi connectivity index (χ1v) is 6.04. The number of hydrogen-bond acceptors (Lipinski definition) is 5. The van der Waals surface area contributed by atoms with Crippen molar-refractivity contribution in [1.82, 2.24) is 4.98 Å². The Hall–Kier alpha value is -1.38. The summed E-state index contributed by atoms with van der Waals surface area (Å²) in [7, 11) is 0. The van der Waals surface area contributed by atoms with Crippen molar-refractivity contribution in [2.24, 2.45) is 0 Å². The van der Waals surface area contributed by atoms with Crippen molar-refractivity contribution >= 4 is 28.4 Å². The molecule has 3 nitrogen and oxygen atoms in total. The second kappa shape index (κ2) is 3.65. The van der Waals surface area contributed by atoms with Crippen molar-refractivity contribution in [3.63, 3.8) is 0 Å². The van der Waals surface area contributed by atoms with Gasteiger partial charge in [-0.1, -0.05) is 0 Å². The highest BCUT2D eigenvalue weighted by atomic mass is 32.1. The molecule has 0 aliphatic heterocycles. The molecule has 15 heavy (non-hydrogen) atoms. The van der Waals surface area contributed by atoms with Gasteiger partial charge in [-0.2, -0.15) is 5.26 Å². The molecule has 0 saturated heterocycles. The van der Waals surface area contributed by atoms with Crippen LogP contribution in [0.3, 0.4) is 0 Å². The molecule has 0 unspecified atom stereocenters. The molecule has 2 aromatic rings. The number of nitrogens with zero attached hydrogens (tertiary/aromatic N) is 2. The molecule has 0 saturated carbocycles. The minimum absolute atomic E-state index is 0.577. The van der Waals surface area contributed by atoms with E-state index in [1.54, 1.807) is 11.3 Å². The van der Waals surface area contributed by atoms with E-state index in [1.807, 2.05) is 19.2 Å². The van der Waals surface area contributed by atoms with Gasteiger partial charge in [0.2, 0.25) is 0 Å². The molecule has 0 aliphatic rings. The topological polar surface area (TPSA) is 62.7 Å². The normalized spacial score (nSPS) is 10.2. The largest absolute Gasteiger partial charge is 0.397 e. The van der Waals surface area contributed by atoms with Crippen LogP contribution < -0.4 is 5.73 Å². The number of aromatic nitrogens is 1. The van der Waals surface area contributed by atoms with Gasteiger partial charge in [-0.25, -0.2) is 4.98 Å². The molecular weight excluding hydrogens is 226 g/mol. The van der Waals surface area contributed by atoms with Crippen molar-refractivity contribution < 1.29 is 0 Å². The van der Waals surface area contributed by atoms with Crippen LogP contribution in [-0.4, -0.2) is 4.98 Å². The van der Waals surface area contributed by atoms with Crippen molar-refractivity contribution in [1.29, 1.82) is 5.26 Å². The Morgan fingerprint density at radius 3 is 2.67 bits per heavy atom. The first-order valence-electron chi connectivity index (χ1n) is 4.35. The minimum Gasteiger partial charge on any atom is -0.397 e. The van der Waals surface area contributed by atoms with Crippen molar-refractivity contribution in [3.8, 4) is 16.6 Å². The first-order chi connectivity index (χ1) is 7.13. The zero-order valence-corrected chi connectivity index (χ0v) is 10.00. The zero-order valence-electron chi connectivity index (χ0n) is 8.37. The van der Waals surface area contributed by atoms with E-state index in [0.29, 0.717) is 10.6 Å². The highest BCUT2D eigenvalue weighted by Gasteiger charge is 2.15. The Bertz CT molecular complexity index is 546. The van der Waals surface area contributed by atoms with Crippen LogP contribution in [0.15, 0.2) is 5.38 Å². The van der Waals surface area contributed by atoms with E-state index in [9.17, 15) is 0 Å². The van der Waals surface area contributed by atoms with Gasteiger partial charge in [-0.3, -0.25) is 0 Å². The Balaban J connectivity index is 2.60. The van der Waals surface area contributed by atoms with Gasteiger partial charge in [0.1, 0.15) is 10.9 Å². The molecule has 0 fully saturated rings. The van der Waals surface area contributed by atoms with E-state index in [1.165, 1.54) is 11.3 Å². The molecule has 2 heterocycles. The molecule has 0 radical (unpaired) electrons. The van der Waals surface area contributed by atoms with Gasteiger partial charge < -0.3 is 5.73 Å². The lowest BCUT2D eigenvalue weighted by atomic mass is 10.2. The van der Waals surface area contributed by atoms with Gasteiger partial charge >= 0.3 is 0 Å². The lowest BCUT2D eigenvalue weighted by molar-refractivity contribution is 1.30. The quantitative estimate of drug-likeness (QED) is 0.826. The molecule has 0 spiro atoms. The van der Waals surface area contributed by atoms with Gasteiger partial charge in [0.15, 0.2) is 0 Å². The molecule has 76 valence electrons. The molecular formula is C10H9N3S2. The van der Waals surface area contributed by atoms with E-state index in [-0.39, 0.29) is 0 Å². The summed E-state index contributed by atoms with van der Waals surface area (Å²) in [4.78, 5) is 5.98. The van der Waals surface area contributed by atoms with Gasteiger partial charge in [0, 0.05) is 5.38 Å². The highest BCUT2D eigenvalue weighted by Crippen LogP contribution is 2.37. The van der Waals surface area contributed by atoms with E-state index >= 15 is 0 Å². The van der Waals surface area contributed by atoms with Gasteiger partial charge in [-0.15, -0.1) is 22.7 Å². The summed E-state index contributed by atoms with van der Waals surface area (Å²) >= 11 is 3.01. The Morgan fingerprint density at radius 1 is 1.47 bits per heavy atom. The second-order valence-corrected chi connectivity index (χ2v) is 5.25. The molecule has 0 bridgehead atoms.